The molecule has 2 rings (SSSR count). The minimum atomic E-state index is 0.703. The lowest BCUT2D eigenvalue weighted by Gasteiger charge is -2.17. The number of rotatable bonds is 0. The molecule has 1 unspecified atom stereocenters. The molecular weight excluding hydrogens is 156 g/mol. The summed E-state index contributed by atoms with van der Waals surface area (Å²) in [5.41, 5.74) is 5.75. The second-order valence-electron chi connectivity index (χ2n) is 4.18. The summed E-state index contributed by atoms with van der Waals surface area (Å²) in [5.74, 6) is 0.703. The van der Waals surface area contributed by atoms with Crippen molar-refractivity contribution >= 4 is 6.08 Å². The van der Waals surface area contributed by atoms with E-state index in [1.807, 2.05) is 0 Å². The Bertz CT molecular complexity index is 359. The molecule has 13 heavy (non-hydrogen) atoms. The molecule has 1 aliphatic rings. The Hall–Kier alpha value is -1.04. The van der Waals surface area contributed by atoms with Crippen LogP contribution in [0.1, 0.15) is 29.2 Å². The second kappa shape index (κ2) is 3.02. The SMILES string of the molecule is Cc1cc2c(cc1C)CC(C)C=C2. The van der Waals surface area contributed by atoms with Crippen LogP contribution in [0.25, 0.3) is 6.08 Å². The minimum absolute atomic E-state index is 0.703. The van der Waals surface area contributed by atoms with Crippen LogP contribution in [-0.4, -0.2) is 0 Å². The average molecular weight is 172 g/mol. The van der Waals surface area contributed by atoms with Gasteiger partial charge in [0.25, 0.3) is 0 Å². The van der Waals surface area contributed by atoms with Gasteiger partial charge in [-0.15, -0.1) is 0 Å². The molecule has 0 nitrogen and oxygen atoms in total. The van der Waals surface area contributed by atoms with E-state index in [-0.39, 0.29) is 0 Å². The fourth-order valence-corrected chi connectivity index (χ4v) is 1.91. The van der Waals surface area contributed by atoms with Crippen molar-refractivity contribution in [1.82, 2.24) is 0 Å². The molecule has 1 aromatic rings. The Morgan fingerprint density at radius 3 is 2.62 bits per heavy atom. The number of hydrogen-bond acceptors (Lipinski definition) is 0. The van der Waals surface area contributed by atoms with Crippen LogP contribution in [-0.2, 0) is 6.42 Å². The highest BCUT2D eigenvalue weighted by atomic mass is 14.1. The maximum absolute atomic E-state index is 2.34. The van der Waals surface area contributed by atoms with Gasteiger partial charge in [0.15, 0.2) is 0 Å². The highest BCUT2D eigenvalue weighted by Crippen LogP contribution is 2.25. The predicted molar refractivity (Wildman–Crippen MR) is 57.8 cm³/mol. The highest BCUT2D eigenvalue weighted by molar-refractivity contribution is 5.59. The molecule has 1 aliphatic carbocycles. The number of fused-ring (bicyclic) bond motifs is 1. The van der Waals surface area contributed by atoms with Crippen molar-refractivity contribution in [1.29, 1.82) is 0 Å². The maximum atomic E-state index is 2.34. The Balaban J connectivity index is 2.52. The van der Waals surface area contributed by atoms with E-state index in [1.54, 1.807) is 0 Å². The van der Waals surface area contributed by atoms with E-state index in [1.165, 1.54) is 28.7 Å². The molecule has 0 N–H and O–H groups in total. The number of allylic oxidation sites excluding steroid dienone is 1. The van der Waals surface area contributed by atoms with Gasteiger partial charge in [-0.05, 0) is 48.4 Å². The molecule has 68 valence electrons. The molecule has 0 fully saturated rings. The lowest BCUT2D eigenvalue weighted by atomic mass is 9.88. The van der Waals surface area contributed by atoms with Gasteiger partial charge in [0, 0.05) is 0 Å². The average Bonchev–Trinajstić information content (AvgIpc) is 2.08. The van der Waals surface area contributed by atoms with Gasteiger partial charge in [-0.25, -0.2) is 0 Å². The fourth-order valence-electron chi connectivity index (χ4n) is 1.91. The third kappa shape index (κ3) is 1.53. The minimum Gasteiger partial charge on any atom is -0.0808 e. The van der Waals surface area contributed by atoms with E-state index < -0.39 is 0 Å². The van der Waals surface area contributed by atoms with Crippen LogP contribution in [0.15, 0.2) is 18.2 Å². The summed E-state index contributed by atoms with van der Waals surface area (Å²) in [6.45, 7) is 6.65. The molecule has 0 heteroatoms. The van der Waals surface area contributed by atoms with Crippen LogP contribution < -0.4 is 0 Å². The molecule has 0 radical (unpaired) electrons. The first kappa shape index (κ1) is 8.55. The fraction of sp³-hybridized carbons (Fsp3) is 0.385. The lowest BCUT2D eigenvalue weighted by Crippen LogP contribution is -2.04. The molecule has 0 aromatic heterocycles. The molecule has 0 aliphatic heterocycles. The lowest BCUT2D eigenvalue weighted by molar-refractivity contribution is 0.716. The van der Waals surface area contributed by atoms with E-state index in [9.17, 15) is 0 Å². The van der Waals surface area contributed by atoms with E-state index in [4.69, 9.17) is 0 Å². The van der Waals surface area contributed by atoms with E-state index >= 15 is 0 Å². The van der Waals surface area contributed by atoms with Crippen LogP contribution in [0.4, 0.5) is 0 Å². The Morgan fingerprint density at radius 2 is 1.85 bits per heavy atom. The van der Waals surface area contributed by atoms with Gasteiger partial charge in [-0.1, -0.05) is 31.2 Å². The molecule has 0 heterocycles. The van der Waals surface area contributed by atoms with Gasteiger partial charge in [0.05, 0.1) is 0 Å². The first-order valence-corrected chi connectivity index (χ1v) is 4.95. The van der Waals surface area contributed by atoms with Gasteiger partial charge >= 0.3 is 0 Å². The van der Waals surface area contributed by atoms with Crippen molar-refractivity contribution in [2.45, 2.75) is 27.2 Å². The van der Waals surface area contributed by atoms with Gasteiger partial charge in [-0.3, -0.25) is 0 Å². The highest BCUT2D eigenvalue weighted by Gasteiger charge is 2.10. The molecule has 1 aromatic carbocycles. The zero-order chi connectivity index (χ0) is 9.42. The predicted octanol–water partition coefficient (Wildman–Crippen LogP) is 3.51. The third-order valence-electron chi connectivity index (χ3n) is 2.90. The molecule has 0 amide bonds. The summed E-state index contributed by atoms with van der Waals surface area (Å²) >= 11 is 0. The summed E-state index contributed by atoms with van der Waals surface area (Å²) in [4.78, 5) is 0. The van der Waals surface area contributed by atoms with Crippen molar-refractivity contribution in [2.75, 3.05) is 0 Å². The van der Waals surface area contributed by atoms with E-state index in [0.717, 1.165) is 0 Å². The summed E-state index contributed by atoms with van der Waals surface area (Å²) in [6.07, 6.45) is 5.76. The first-order chi connectivity index (χ1) is 6.16. The quantitative estimate of drug-likeness (QED) is 0.561. The number of aryl methyl sites for hydroxylation is 2. The zero-order valence-electron chi connectivity index (χ0n) is 8.59. The van der Waals surface area contributed by atoms with Crippen LogP contribution in [0.3, 0.4) is 0 Å². The van der Waals surface area contributed by atoms with Gasteiger partial charge < -0.3 is 0 Å². The molecule has 1 atom stereocenters. The van der Waals surface area contributed by atoms with Crippen molar-refractivity contribution < 1.29 is 0 Å². The third-order valence-corrected chi connectivity index (χ3v) is 2.90. The van der Waals surface area contributed by atoms with Crippen molar-refractivity contribution in [3.05, 3.63) is 40.5 Å². The summed E-state index contributed by atoms with van der Waals surface area (Å²) in [6, 6.07) is 4.64. The second-order valence-corrected chi connectivity index (χ2v) is 4.18. The monoisotopic (exact) mass is 172 g/mol. The van der Waals surface area contributed by atoms with Gasteiger partial charge in [0.1, 0.15) is 0 Å². The summed E-state index contributed by atoms with van der Waals surface area (Å²) in [5, 5.41) is 0. The standard InChI is InChI=1S/C13H16/c1-9-4-5-12-7-10(2)11(3)8-13(12)6-9/h4-5,7-9H,6H2,1-3H3. The summed E-state index contributed by atoms with van der Waals surface area (Å²) in [7, 11) is 0. The first-order valence-electron chi connectivity index (χ1n) is 4.95. The smallest absolute Gasteiger partial charge is 0.0212 e. The zero-order valence-corrected chi connectivity index (χ0v) is 8.59. The van der Waals surface area contributed by atoms with Crippen LogP contribution in [0.2, 0.25) is 0 Å². The Kier molecular flexibility index (Phi) is 1.99. The molecule has 0 bridgehead atoms. The number of hydrogen-bond donors (Lipinski definition) is 0. The molecule has 0 saturated heterocycles. The van der Waals surface area contributed by atoms with Crippen LogP contribution in [0, 0.1) is 19.8 Å². The van der Waals surface area contributed by atoms with Gasteiger partial charge in [0.2, 0.25) is 0 Å². The van der Waals surface area contributed by atoms with Crippen molar-refractivity contribution in [3.8, 4) is 0 Å². The molecular formula is C13H16. The van der Waals surface area contributed by atoms with Crippen LogP contribution in [0.5, 0.6) is 0 Å². The van der Waals surface area contributed by atoms with Crippen LogP contribution >= 0.6 is 0 Å². The van der Waals surface area contributed by atoms with Crippen molar-refractivity contribution in [3.63, 3.8) is 0 Å². The number of benzene rings is 1. The largest absolute Gasteiger partial charge is 0.0808 e. The molecule has 0 saturated carbocycles. The summed E-state index contributed by atoms with van der Waals surface area (Å²) < 4.78 is 0. The topological polar surface area (TPSA) is 0 Å². The van der Waals surface area contributed by atoms with Gasteiger partial charge in [-0.2, -0.15) is 0 Å². The normalized spacial score (nSPS) is 20.1. The van der Waals surface area contributed by atoms with Crippen molar-refractivity contribution in [2.24, 2.45) is 5.92 Å². The maximum Gasteiger partial charge on any atom is -0.0212 e. The Labute approximate surface area is 80.3 Å². The molecule has 0 spiro atoms. The van der Waals surface area contributed by atoms with E-state index in [0.29, 0.717) is 5.92 Å². The Morgan fingerprint density at radius 1 is 1.15 bits per heavy atom. The van der Waals surface area contributed by atoms with E-state index in [2.05, 4.69) is 45.1 Å².